The third-order valence-corrected chi connectivity index (χ3v) is 21.6. The number of imide groups is 2. The molecule has 14 rings (SSSR count). The second-order valence-corrected chi connectivity index (χ2v) is 23.8. The number of aromatic amines is 1. The maximum atomic E-state index is 13.7. The minimum atomic E-state index is -0.287. The average molecular weight is 950 g/mol. The van der Waals surface area contributed by atoms with Crippen molar-refractivity contribution in [2.75, 3.05) is 21.3 Å². The number of anilines is 4. The standard InChI is InChI=1S/C26H22N2O3S2.C25H21N3O3S2/c27-13-6-8-14(9-7-13)28-25(30)21-15-10-16(22(21)26(28)31)23-20(15)19(12-4-2-1-3-5-12)24-17(32-23)11-18(29)33-24;26-12-6-8-13(9-7-12)28-23(29)18-14-10-15(19(18)24(28)30)20-17(14)16(11-4-2-1-3-5-11)21-22(32-20)27-25(31)33-21/h1-9,15-16,19-23H,10-11,27H2;1-9,14-20H,10,26H2,(H,27,31)/t15-,16-,19-,20-,21+,22-,23-;14-,15-,16-,17-,18+,19-,20-/m10/s1. The van der Waals surface area contributed by atoms with Crippen LogP contribution in [0.3, 0.4) is 0 Å². The van der Waals surface area contributed by atoms with E-state index in [2.05, 4.69) is 41.4 Å². The first-order valence-corrected chi connectivity index (χ1v) is 26.0. The number of thiazole rings is 1. The number of H-pyrrole nitrogens is 1. The van der Waals surface area contributed by atoms with Gasteiger partial charge in [0.2, 0.25) is 23.6 Å². The molecule has 9 aliphatic rings. The number of nitrogens with one attached hydrogen (secondary N) is 1. The summed E-state index contributed by atoms with van der Waals surface area (Å²) in [4.78, 5) is 88.4. The molecule has 11 nitrogen and oxygen atoms in total. The first kappa shape index (κ1) is 40.9. The highest BCUT2D eigenvalue weighted by atomic mass is 32.2. The highest BCUT2D eigenvalue weighted by Gasteiger charge is 2.71. The van der Waals surface area contributed by atoms with E-state index in [4.69, 9.17) is 11.5 Å². The molecule has 4 saturated carbocycles. The zero-order valence-corrected chi connectivity index (χ0v) is 38.5. The Balaban J connectivity index is 0.000000132. The van der Waals surface area contributed by atoms with E-state index in [0.29, 0.717) is 29.2 Å². The van der Waals surface area contributed by atoms with Crippen molar-refractivity contribution in [3.05, 3.63) is 145 Å². The Kier molecular flexibility index (Phi) is 9.34. The topological polar surface area (TPSA) is 177 Å². The SMILES string of the molecule is Nc1ccc(N2C(=O)[C@@H]3[C@H]4C[C@@H]([C@@H]3C2=O)[C@H]2[C@@H]4SC3=C(SC(=O)C3)[C@@H]2c2ccccc2)cc1.Nc1ccc(N2C(=O)[C@@H]3[C@H]4C[C@H]([C@@H]5Sc6[nH]c(=O)sc6[C@@H](c6ccccc6)[C@H]45)[C@@H]3C2=O)cc1. The van der Waals surface area contributed by atoms with E-state index in [1.54, 1.807) is 60.3 Å². The van der Waals surface area contributed by atoms with E-state index in [1.165, 1.54) is 53.8 Å². The highest BCUT2D eigenvalue weighted by molar-refractivity contribution is 8.18. The molecule has 2 saturated heterocycles. The summed E-state index contributed by atoms with van der Waals surface area (Å²) in [5.74, 6) is -0.0824. The number of hydrogen-bond donors (Lipinski definition) is 3. The van der Waals surface area contributed by atoms with E-state index in [0.717, 1.165) is 22.7 Å². The van der Waals surface area contributed by atoms with Crippen LogP contribution >= 0.6 is 46.6 Å². The number of allylic oxidation sites excluding steroid dienone is 2. The number of fused-ring (bicyclic) bond motifs is 17. The summed E-state index contributed by atoms with van der Waals surface area (Å²) in [6.45, 7) is 0. The number of thioether (sulfide) groups is 3. The van der Waals surface area contributed by atoms with Crippen LogP contribution in [0.4, 0.5) is 22.7 Å². The summed E-state index contributed by atoms with van der Waals surface area (Å²) >= 11 is 6.23. The van der Waals surface area contributed by atoms with Gasteiger partial charge in [0.05, 0.1) is 40.1 Å². The molecule has 4 aromatic carbocycles. The molecule has 332 valence electrons. The lowest BCUT2D eigenvalue weighted by atomic mass is 9.68. The second-order valence-electron chi connectivity index (χ2n) is 19.2. The molecule has 5 aliphatic heterocycles. The van der Waals surface area contributed by atoms with Crippen molar-refractivity contribution in [1.29, 1.82) is 0 Å². The summed E-state index contributed by atoms with van der Waals surface area (Å²) in [5, 5.41) is 1.64. The normalized spacial score (nSPS) is 35.1. The first-order chi connectivity index (χ1) is 32.0. The number of carbonyl (C=O) groups is 5. The monoisotopic (exact) mass is 949 g/mol. The molecule has 6 fully saturated rings. The number of nitrogens with zero attached hydrogens (tertiary/aromatic N) is 2. The van der Waals surface area contributed by atoms with Gasteiger partial charge in [-0.2, -0.15) is 0 Å². The Bertz CT molecular complexity index is 3000. The van der Waals surface area contributed by atoms with Crippen LogP contribution < -0.4 is 26.1 Å². The van der Waals surface area contributed by atoms with Gasteiger partial charge >= 0.3 is 4.87 Å². The highest BCUT2D eigenvalue weighted by Crippen LogP contribution is 2.71. The third-order valence-electron chi connectivity index (χ3n) is 16.3. The average Bonchev–Trinajstić information content (AvgIpc) is 4.21. The van der Waals surface area contributed by atoms with E-state index < -0.39 is 0 Å². The Labute approximate surface area is 396 Å². The molecular formula is C51H43N5O6S4. The maximum Gasteiger partial charge on any atom is 0.305 e. The molecule has 6 heterocycles. The van der Waals surface area contributed by atoms with Crippen LogP contribution in [0.15, 0.2) is 129 Å². The van der Waals surface area contributed by atoms with Gasteiger partial charge in [-0.15, -0.1) is 23.5 Å². The van der Waals surface area contributed by atoms with Crippen LogP contribution in [-0.4, -0.2) is 44.2 Å². The number of nitrogens with two attached hydrogens (primary N) is 2. The van der Waals surface area contributed by atoms with Gasteiger partial charge in [-0.1, -0.05) is 83.8 Å². The summed E-state index contributed by atoms with van der Waals surface area (Å²) in [7, 11) is 0. The molecule has 0 unspecified atom stereocenters. The van der Waals surface area contributed by atoms with Gasteiger partial charge in [-0.3, -0.25) is 38.6 Å². The molecule has 4 aliphatic carbocycles. The van der Waals surface area contributed by atoms with E-state index >= 15 is 0 Å². The largest absolute Gasteiger partial charge is 0.399 e. The minimum absolute atomic E-state index is 0.0392. The molecule has 66 heavy (non-hydrogen) atoms. The van der Waals surface area contributed by atoms with Crippen molar-refractivity contribution in [3.8, 4) is 0 Å². The number of nitrogen functional groups attached to an aromatic ring is 2. The third kappa shape index (κ3) is 5.84. The van der Waals surface area contributed by atoms with Gasteiger partial charge in [0.25, 0.3) is 0 Å². The van der Waals surface area contributed by atoms with Crippen molar-refractivity contribution >= 4 is 98.1 Å². The lowest BCUT2D eigenvalue weighted by Crippen LogP contribution is -2.42. The number of aromatic nitrogens is 1. The van der Waals surface area contributed by atoms with Gasteiger partial charge in [0.15, 0.2) is 5.12 Å². The van der Waals surface area contributed by atoms with Crippen molar-refractivity contribution in [3.63, 3.8) is 0 Å². The quantitative estimate of drug-likeness (QED) is 0.117. The van der Waals surface area contributed by atoms with E-state index in [1.807, 2.05) is 36.0 Å². The molecule has 0 spiro atoms. The van der Waals surface area contributed by atoms with Crippen LogP contribution in [0.2, 0.25) is 0 Å². The number of rotatable bonds is 4. The maximum absolute atomic E-state index is 13.7. The zero-order chi connectivity index (χ0) is 44.9. The second kappa shape index (κ2) is 15.1. The van der Waals surface area contributed by atoms with E-state index in [-0.39, 0.29) is 115 Å². The van der Waals surface area contributed by atoms with Crippen LogP contribution in [0.25, 0.3) is 0 Å². The molecule has 4 bridgehead atoms. The molecule has 14 atom stereocenters. The van der Waals surface area contributed by atoms with Crippen LogP contribution in [0.1, 0.15) is 47.1 Å². The van der Waals surface area contributed by atoms with Gasteiger partial charge < -0.3 is 16.5 Å². The molecule has 5 aromatic rings. The number of benzene rings is 4. The van der Waals surface area contributed by atoms with Gasteiger partial charge in [0.1, 0.15) is 0 Å². The molecule has 1 aromatic heterocycles. The summed E-state index contributed by atoms with van der Waals surface area (Å²) < 4.78 is 0. The number of amides is 4. The predicted octanol–water partition coefficient (Wildman–Crippen LogP) is 8.11. The zero-order valence-electron chi connectivity index (χ0n) is 35.2. The fourth-order valence-electron chi connectivity index (χ4n) is 14.0. The van der Waals surface area contributed by atoms with Gasteiger partial charge in [0, 0.05) is 54.8 Å². The Hall–Kier alpha value is -5.35. The van der Waals surface area contributed by atoms with E-state index in [9.17, 15) is 28.8 Å². The molecule has 0 radical (unpaired) electrons. The van der Waals surface area contributed by atoms with Crippen LogP contribution in [0, 0.1) is 59.2 Å². The van der Waals surface area contributed by atoms with Crippen molar-refractivity contribution in [2.45, 2.75) is 46.6 Å². The predicted molar refractivity (Wildman–Crippen MR) is 259 cm³/mol. The van der Waals surface area contributed by atoms with Crippen molar-refractivity contribution < 1.29 is 24.0 Å². The molecular weight excluding hydrogens is 907 g/mol. The smallest absolute Gasteiger partial charge is 0.305 e. The lowest BCUT2D eigenvalue weighted by molar-refractivity contribution is -0.124. The Morgan fingerprint density at radius 1 is 0.530 bits per heavy atom. The summed E-state index contributed by atoms with van der Waals surface area (Å²) in [6, 6.07) is 34.7. The van der Waals surface area contributed by atoms with Gasteiger partial charge in [-0.25, -0.2) is 0 Å². The first-order valence-electron chi connectivity index (χ1n) is 22.6. The summed E-state index contributed by atoms with van der Waals surface area (Å²) in [5.41, 5.74) is 16.5. The number of carbonyl (C=O) groups excluding carboxylic acids is 5. The fourth-order valence-corrected chi connectivity index (χ4v) is 20.1. The van der Waals surface area contributed by atoms with Gasteiger partial charge in [-0.05, 0) is 108 Å². The molecule has 15 heteroatoms. The lowest BCUT2D eigenvalue weighted by Gasteiger charge is -2.44. The minimum Gasteiger partial charge on any atom is -0.399 e. The molecule has 5 N–H and O–H groups in total. The van der Waals surface area contributed by atoms with Crippen molar-refractivity contribution in [1.82, 2.24) is 4.98 Å². The van der Waals surface area contributed by atoms with Crippen LogP contribution in [0.5, 0.6) is 0 Å². The molecule has 4 amide bonds. The Morgan fingerprint density at radius 3 is 1.50 bits per heavy atom. The number of hydrogen-bond acceptors (Lipinski definition) is 12. The fraction of sp³-hybridized carbons (Fsp3) is 0.333. The summed E-state index contributed by atoms with van der Waals surface area (Å²) in [6.07, 6.45) is 2.31. The van der Waals surface area contributed by atoms with Crippen molar-refractivity contribution in [2.24, 2.45) is 59.2 Å². The van der Waals surface area contributed by atoms with Crippen LogP contribution in [-0.2, 0) is 24.0 Å². The Morgan fingerprint density at radius 2 is 0.985 bits per heavy atom.